The summed E-state index contributed by atoms with van der Waals surface area (Å²) >= 11 is 0. The smallest absolute Gasteiger partial charge is 0.269 e. The maximum absolute atomic E-state index is 10.7. The molecule has 0 amide bonds. The van der Waals surface area contributed by atoms with Crippen LogP contribution in [0.3, 0.4) is 0 Å². The van der Waals surface area contributed by atoms with Crippen LogP contribution in [-0.2, 0) is 25.7 Å². The topological polar surface area (TPSA) is 128 Å². The summed E-state index contributed by atoms with van der Waals surface area (Å²) in [5.74, 6) is 0.0699. The third-order valence-electron chi connectivity index (χ3n) is 6.70. The fraction of sp³-hybridized carbons (Fsp3) is 0.400. The van der Waals surface area contributed by atoms with Gasteiger partial charge in [0.1, 0.15) is 5.75 Å². The van der Waals surface area contributed by atoms with E-state index in [9.17, 15) is 25.4 Å². The molecule has 0 aliphatic carbocycles. The molecule has 0 aliphatic heterocycles. The number of benzene rings is 3. The molecule has 204 valence electrons. The number of nitro benzene ring substituents is 1. The van der Waals surface area contributed by atoms with E-state index in [2.05, 4.69) is 10.6 Å². The van der Waals surface area contributed by atoms with E-state index in [1.807, 2.05) is 24.3 Å². The summed E-state index contributed by atoms with van der Waals surface area (Å²) in [4.78, 5) is 10.3. The zero-order valence-corrected chi connectivity index (χ0v) is 21.9. The SMILES string of the molecule is O=[N+]([O-])c1ccc(CCNCCCCCCNCCc2ccc(O)c(O)c2CCc2cccc(O)c2)cc1. The van der Waals surface area contributed by atoms with Crippen molar-refractivity contribution in [2.24, 2.45) is 0 Å². The number of aryl methyl sites for hydroxylation is 1. The molecule has 0 saturated carbocycles. The Balaban J connectivity index is 1.25. The van der Waals surface area contributed by atoms with Crippen LogP contribution in [0.5, 0.6) is 17.2 Å². The fourth-order valence-electron chi connectivity index (χ4n) is 4.50. The van der Waals surface area contributed by atoms with E-state index in [4.69, 9.17) is 0 Å². The van der Waals surface area contributed by atoms with Gasteiger partial charge in [0, 0.05) is 17.7 Å². The minimum Gasteiger partial charge on any atom is -0.508 e. The van der Waals surface area contributed by atoms with Gasteiger partial charge in [0.2, 0.25) is 0 Å². The van der Waals surface area contributed by atoms with Gasteiger partial charge in [-0.1, -0.05) is 43.2 Å². The van der Waals surface area contributed by atoms with Gasteiger partial charge in [-0.25, -0.2) is 0 Å². The zero-order valence-electron chi connectivity index (χ0n) is 21.9. The number of phenolic OH excluding ortho intramolecular Hbond substituents is 3. The highest BCUT2D eigenvalue weighted by molar-refractivity contribution is 5.49. The van der Waals surface area contributed by atoms with Crippen LogP contribution in [0.4, 0.5) is 5.69 Å². The second kappa shape index (κ2) is 15.6. The zero-order chi connectivity index (χ0) is 27.2. The van der Waals surface area contributed by atoms with Crippen LogP contribution in [0, 0.1) is 10.1 Å². The van der Waals surface area contributed by atoms with Crippen molar-refractivity contribution in [2.75, 3.05) is 26.2 Å². The maximum Gasteiger partial charge on any atom is 0.269 e. The van der Waals surface area contributed by atoms with E-state index in [1.165, 1.54) is 0 Å². The van der Waals surface area contributed by atoms with Crippen LogP contribution < -0.4 is 10.6 Å². The molecule has 0 saturated heterocycles. The molecule has 0 aromatic heterocycles. The molecule has 8 heteroatoms. The molecular formula is C30H39N3O5. The second-order valence-electron chi connectivity index (χ2n) is 9.58. The Kier molecular flexibility index (Phi) is 11.9. The van der Waals surface area contributed by atoms with Gasteiger partial charge in [-0.05, 0) is 99.6 Å². The number of nitrogens with zero attached hydrogens (tertiary/aromatic N) is 1. The van der Waals surface area contributed by atoms with Crippen molar-refractivity contribution in [2.45, 2.75) is 51.4 Å². The molecule has 0 bridgehead atoms. The third-order valence-corrected chi connectivity index (χ3v) is 6.70. The predicted octanol–water partition coefficient (Wildman–Crippen LogP) is 5.02. The first-order valence-electron chi connectivity index (χ1n) is 13.4. The molecule has 5 N–H and O–H groups in total. The molecule has 0 unspecified atom stereocenters. The summed E-state index contributed by atoms with van der Waals surface area (Å²) in [6, 6.07) is 17.3. The minimum absolute atomic E-state index is 0.0518. The van der Waals surface area contributed by atoms with Crippen molar-refractivity contribution in [1.29, 1.82) is 0 Å². The standard InChI is InChI=1S/C30H39N3O5/c34-27-7-5-6-24(22-27)10-14-28-25(11-15-29(35)30(28)36)17-21-32-19-4-2-1-3-18-31-20-16-23-8-12-26(13-9-23)33(37)38/h5-9,11-13,15,22,31-32,34-36H,1-4,10,14,16-21H2. The summed E-state index contributed by atoms with van der Waals surface area (Å²) < 4.78 is 0. The van der Waals surface area contributed by atoms with E-state index in [0.29, 0.717) is 12.8 Å². The summed E-state index contributed by atoms with van der Waals surface area (Å²) in [6.45, 7) is 3.57. The molecular weight excluding hydrogens is 482 g/mol. The van der Waals surface area contributed by atoms with Crippen molar-refractivity contribution < 1.29 is 20.2 Å². The highest BCUT2D eigenvalue weighted by Crippen LogP contribution is 2.32. The van der Waals surface area contributed by atoms with E-state index in [0.717, 1.165) is 87.0 Å². The molecule has 3 rings (SSSR count). The maximum atomic E-state index is 10.7. The number of non-ortho nitro benzene ring substituents is 1. The predicted molar refractivity (Wildman–Crippen MR) is 150 cm³/mol. The lowest BCUT2D eigenvalue weighted by molar-refractivity contribution is -0.384. The van der Waals surface area contributed by atoms with Crippen molar-refractivity contribution >= 4 is 5.69 Å². The van der Waals surface area contributed by atoms with Gasteiger partial charge < -0.3 is 26.0 Å². The van der Waals surface area contributed by atoms with E-state index in [1.54, 1.807) is 36.4 Å². The summed E-state index contributed by atoms with van der Waals surface area (Å²) in [5, 5.41) is 47.7. The van der Waals surface area contributed by atoms with Crippen LogP contribution in [0.1, 0.15) is 47.9 Å². The Morgan fingerprint density at radius 1 is 0.684 bits per heavy atom. The number of nitro groups is 1. The average Bonchev–Trinajstić information content (AvgIpc) is 2.91. The molecule has 0 spiro atoms. The monoisotopic (exact) mass is 521 g/mol. The number of unbranched alkanes of at least 4 members (excludes halogenated alkanes) is 3. The van der Waals surface area contributed by atoms with E-state index in [-0.39, 0.29) is 27.9 Å². The molecule has 0 fully saturated rings. The first kappa shape index (κ1) is 28.9. The van der Waals surface area contributed by atoms with Gasteiger partial charge in [0.15, 0.2) is 11.5 Å². The number of rotatable bonds is 17. The Labute approximate surface area is 224 Å². The number of aromatic hydroxyl groups is 3. The molecule has 3 aromatic carbocycles. The van der Waals surface area contributed by atoms with Gasteiger partial charge >= 0.3 is 0 Å². The molecule has 0 radical (unpaired) electrons. The first-order chi connectivity index (χ1) is 18.4. The lowest BCUT2D eigenvalue weighted by atomic mass is 9.96. The Hall–Kier alpha value is -3.62. The summed E-state index contributed by atoms with van der Waals surface area (Å²) in [7, 11) is 0. The highest BCUT2D eigenvalue weighted by atomic mass is 16.6. The quantitative estimate of drug-likeness (QED) is 0.0730. The van der Waals surface area contributed by atoms with Gasteiger partial charge in [-0.2, -0.15) is 0 Å². The van der Waals surface area contributed by atoms with Crippen LogP contribution in [-0.4, -0.2) is 46.4 Å². The lowest BCUT2D eigenvalue weighted by Gasteiger charge is -2.14. The number of phenols is 3. The van der Waals surface area contributed by atoms with Gasteiger partial charge in [-0.3, -0.25) is 10.1 Å². The Bertz CT molecular complexity index is 1150. The fourth-order valence-corrected chi connectivity index (χ4v) is 4.50. The molecule has 0 atom stereocenters. The summed E-state index contributed by atoms with van der Waals surface area (Å²) in [6.07, 6.45) is 7.42. The highest BCUT2D eigenvalue weighted by Gasteiger charge is 2.12. The molecule has 0 heterocycles. The van der Waals surface area contributed by atoms with Crippen LogP contribution in [0.15, 0.2) is 60.7 Å². The minimum atomic E-state index is -0.378. The Morgan fingerprint density at radius 2 is 1.37 bits per heavy atom. The normalized spacial score (nSPS) is 11.1. The van der Waals surface area contributed by atoms with Crippen LogP contribution in [0.2, 0.25) is 0 Å². The molecule has 3 aromatic rings. The average molecular weight is 522 g/mol. The molecule has 0 aliphatic rings. The molecule has 8 nitrogen and oxygen atoms in total. The van der Waals surface area contributed by atoms with E-state index >= 15 is 0 Å². The van der Waals surface area contributed by atoms with Crippen LogP contribution >= 0.6 is 0 Å². The van der Waals surface area contributed by atoms with Crippen molar-refractivity contribution in [3.05, 3.63) is 93.0 Å². The van der Waals surface area contributed by atoms with Crippen molar-refractivity contribution in [3.8, 4) is 17.2 Å². The van der Waals surface area contributed by atoms with Crippen LogP contribution in [0.25, 0.3) is 0 Å². The number of hydrogen-bond acceptors (Lipinski definition) is 7. The second-order valence-corrected chi connectivity index (χ2v) is 9.58. The van der Waals surface area contributed by atoms with E-state index < -0.39 is 0 Å². The van der Waals surface area contributed by atoms with Gasteiger partial charge in [-0.15, -0.1) is 0 Å². The van der Waals surface area contributed by atoms with Crippen molar-refractivity contribution in [1.82, 2.24) is 10.6 Å². The summed E-state index contributed by atoms with van der Waals surface area (Å²) in [5.41, 5.74) is 3.99. The largest absolute Gasteiger partial charge is 0.508 e. The van der Waals surface area contributed by atoms with Gasteiger partial charge in [0.05, 0.1) is 4.92 Å². The number of hydrogen-bond donors (Lipinski definition) is 5. The van der Waals surface area contributed by atoms with Gasteiger partial charge in [0.25, 0.3) is 5.69 Å². The third kappa shape index (κ3) is 9.68. The molecule has 38 heavy (non-hydrogen) atoms. The lowest BCUT2D eigenvalue weighted by Crippen LogP contribution is -2.20. The Morgan fingerprint density at radius 3 is 2.03 bits per heavy atom. The first-order valence-corrected chi connectivity index (χ1v) is 13.4. The number of nitrogens with one attached hydrogen (secondary N) is 2. The van der Waals surface area contributed by atoms with Crippen molar-refractivity contribution in [3.63, 3.8) is 0 Å².